The molecule has 0 aliphatic heterocycles. The zero-order valence-electron chi connectivity index (χ0n) is 6.37. The van der Waals surface area contributed by atoms with E-state index in [4.69, 9.17) is 34.3 Å². The first-order chi connectivity index (χ1) is 6.00. The molecule has 70 valence electrons. The molecule has 1 rings (SSSR count). The second-order valence-corrected chi connectivity index (χ2v) is 3.10. The molecule has 0 spiro atoms. The first-order valence-electron chi connectivity index (χ1n) is 3.26. The highest BCUT2D eigenvalue weighted by Crippen LogP contribution is 2.27. The molecular weight excluding hydrogens is 216 g/mol. The molecule has 0 aliphatic rings. The van der Waals surface area contributed by atoms with Crippen molar-refractivity contribution < 1.29 is 4.39 Å². The molecule has 0 bridgehead atoms. The predicted octanol–water partition coefficient (Wildman–Crippen LogP) is 2.44. The van der Waals surface area contributed by atoms with Crippen LogP contribution in [0.4, 0.5) is 10.1 Å². The van der Waals surface area contributed by atoms with E-state index in [9.17, 15) is 4.39 Å². The van der Waals surface area contributed by atoms with E-state index in [1.807, 2.05) is 0 Å². The molecule has 0 aromatic heterocycles. The molecule has 3 nitrogen and oxygen atoms in total. The minimum Gasteiger partial charge on any atom is -0.370 e. The third kappa shape index (κ3) is 2.47. The van der Waals surface area contributed by atoms with Gasteiger partial charge in [-0.25, -0.2) is 4.39 Å². The van der Waals surface area contributed by atoms with Gasteiger partial charge in [0, 0.05) is 0 Å². The zero-order chi connectivity index (χ0) is 10.0. The van der Waals surface area contributed by atoms with Gasteiger partial charge in [-0.05, 0) is 12.1 Å². The maximum atomic E-state index is 12.8. The second kappa shape index (κ2) is 3.81. The molecule has 0 radical (unpaired) electrons. The Labute approximate surface area is 84.1 Å². The largest absolute Gasteiger partial charge is 0.370 e. The number of anilines is 1. The molecule has 0 aliphatic carbocycles. The van der Waals surface area contributed by atoms with Gasteiger partial charge in [0.15, 0.2) is 5.96 Å². The molecule has 1 aromatic rings. The van der Waals surface area contributed by atoms with Gasteiger partial charge in [-0.2, -0.15) is 0 Å². The molecule has 0 fully saturated rings. The molecule has 1 aromatic carbocycles. The van der Waals surface area contributed by atoms with Gasteiger partial charge in [0.2, 0.25) is 0 Å². The van der Waals surface area contributed by atoms with E-state index in [2.05, 4.69) is 5.32 Å². The van der Waals surface area contributed by atoms with Crippen LogP contribution in [0.25, 0.3) is 0 Å². The minimum absolute atomic E-state index is 0.0758. The monoisotopic (exact) mass is 221 g/mol. The fourth-order valence-electron chi connectivity index (χ4n) is 0.763. The van der Waals surface area contributed by atoms with Gasteiger partial charge in [-0.1, -0.05) is 23.2 Å². The lowest BCUT2D eigenvalue weighted by Crippen LogP contribution is -2.20. The molecule has 0 saturated heterocycles. The average Bonchev–Trinajstić information content (AvgIpc) is 1.99. The van der Waals surface area contributed by atoms with Gasteiger partial charge in [-0.15, -0.1) is 0 Å². The van der Waals surface area contributed by atoms with Crippen molar-refractivity contribution in [2.24, 2.45) is 5.73 Å². The molecule has 0 saturated carbocycles. The second-order valence-electron chi connectivity index (χ2n) is 2.28. The Hall–Kier alpha value is -1.00. The lowest BCUT2D eigenvalue weighted by atomic mass is 10.3. The van der Waals surface area contributed by atoms with Gasteiger partial charge in [0.25, 0.3) is 0 Å². The summed E-state index contributed by atoms with van der Waals surface area (Å²) in [7, 11) is 0. The van der Waals surface area contributed by atoms with Crippen molar-refractivity contribution in [3.63, 3.8) is 0 Å². The highest BCUT2D eigenvalue weighted by atomic mass is 35.5. The molecule has 0 amide bonds. The molecule has 4 N–H and O–H groups in total. The van der Waals surface area contributed by atoms with Crippen molar-refractivity contribution in [2.75, 3.05) is 5.32 Å². The van der Waals surface area contributed by atoms with Crippen LogP contribution in [0.15, 0.2) is 12.1 Å². The summed E-state index contributed by atoms with van der Waals surface area (Å²) in [6.45, 7) is 0. The van der Waals surface area contributed by atoms with Crippen LogP contribution in [0.5, 0.6) is 0 Å². The van der Waals surface area contributed by atoms with Crippen LogP contribution in [-0.4, -0.2) is 5.96 Å². The molecule has 0 unspecified atom stereocenters. The van der Waals surface area contributed by atoms with Gasteiger partial charge in [0.1, 0.15) is 5.82 Å². The number of hydrogen-bond donors (Lipinski definition) is 3. The fraction of sp³-hybridized carbons (Fsp3) is 0. The van der Waals surface area contributed by atoms with Crippen molar-refractivity contribution >= 4 is 34.8 Å². The molecule has 13 heavy (non-hydrogen) atoms. The van der Waals surface area contributed by atoms with E-state index in [1.165, 1.54) is 6.07 Å². The maximum Gasteiger partial charge on any atom is 0.190 e. The number of hydrogen-bond acceptors (Lipinski definition) is 1. The summed E-state index contributed by atoms with van der Waals surface area (Å²) in [5, 5.41) is 9.39. The SMILES string of the molecule is N=C(N)Nc1cc(Cl)c(F)cc1Cl. The van der Waals surface area contributed by atoms with Crippen molar-refractivity contribution in [2.45, 2.75) is 0 Å². The summed E-state index contributed by atoms with van der Waals surface area (Å²) >= 11 is 11.1. The van der Waals surface area contributed by atoms with E-state index in [0.717, 1.165) is 6.07 Å². The van der Waals surface area contributed by atoms with Gasteiger partial charge in [0.05, 0.1) is 15.7 Å². The van der Waals surface area contributed by atoms with E-state index in [1.54, 1.807) is 0 Å². The number of nitrogens with two attached hydrogens (primary N) is 1. The Morgan fingerprint density at radius 3 is 2.54 bits per heavy atom. The standard InChI is InChI=1S/C7H6Cl2FN3/c8-3-2-6(13-7(11)12)4(9)1-5(3)10/h1-2H,(H4,11,12,13). The van der Waals surface area contributed by atoms with Crippen LogP contribution < -0.4 is 11.1 Å². The molecule has 0 atom stereocenters. The third-order valence-electron chi connectivity index (χ3n) is 1.28. The third-order valence-corrected chi connectivity index (χ3v) is 1.88. The highest BCUT2D eigenvalue weighted by molar-refractivity contribution is 6.35. The van der Waals surface area contributed by atoms with Crippen LogP contribution in [-0.2, 0) is 0 Å². The number of nitrogens with one attached hydrogen (secondary N) is 2. The predicted molar refractivity (Wildman–Crippen MR) is 52.0 cm³/mol. The minimum atomic E-state index is -0.610. The number of halogens is 3. The molecule has 0 heterocycles. The van der Waals surface area contributed by atoms with Gasteiger partial charge >= 0.3 is 0 Å². The smallest absolute Gasteiger partial charge is 0.190 e. The summed E-state index contributed by atoms with van der Waals surface area (Å²) in [6, 6.07) is 2.32. The summed E-state index contributed by atoms with van der Waals surface area (Å²) < 4.78 is 12.8. The van der Waals surface area contributed by atoms with Crippen molar-refractivity contribution in [1.29, 1.82) is 5.41 Å². The lowest BCUT2D eigenvalue weighted by molar-refractivity contribution is 0.628. The summed E-state index contributed by atoms with van der Waals surface area (Å²) in [5.74, 6) is -0.898. The first kappa shape index (κ1) is 10.1. The van der Waals surface area contributed by atoms with Gasteiger partial charge < -0.3 is 11.1 Å². The van der Waals surface area contributed by atoms with Crippen LogP contribution in [0.1, 0.15) is 0 Å². The topological polar surface area (TPSA) is 61.9 Å². The van der Waals surface area contributed by atoms with Crippen LogP contribution in [0.3, 0.4) is 0 Å². The average molecular weight is 222 g/mol. The Bertz CT molecular complexity index is 354. The number of guanidine groups is 1. The Kier molecular flexibility index (Phi) is 2.95. The normalized spacial score (nSPS) is 9.77. The van der Waals surface area contributed by atoms with Gasteiger partial charge in [-0.3, -0.25) is 5.41 Å². The quantitative estimate of drug-likeness (QED) is 0.388. The van der Waals surface area contributed by atoms with Crippen LogP contribution >= 0.6 is 23.2 Å². The van der Waals surface area contributed by atoms with E-state index < -0.39 is 5.82 Å². The zero-order valence-corrected chi connectivity index (χ0v) is 7.88. The number of rotatable bonds is 1. The first-order valence-corrected chi connectivity index (χ1v) is 4.02. The Balaban J connectivity index is 3.08. The van der Waals surface area contributed by atoms with Crippen molar-refractivity contribution in [1.82, 2.24) is 0 Å². The number of benzene rings is 1. The molecule has 6 heteroatoms. The Morgan fingerprint density at radius 1 is 1.38 bits per heavy atom. The van der Waals surface area contributed by atoms with E-state index in [0.29, 0.717) is 5.69 Å². The summed E-state index contributed by atoms with van der Waals surface area (Å²) in [5.41, 5.74) is 5.36. The van der Waals surface area contributed by atoms with E-state index >= 15 is 0 Å². The van der Waals surface area contributed by atoms with Crippen LogP contribution in [0.2, 0.25) is 10.0 Å². The summed E-state index contributed by atoms with van der Waals surface area (Å²) in [6.07, 6.45) is 0. The van der Waals surface area contributed by atoms with E-state index in [-0.39, 0.29) is 16.0 Å². The Morgan fingerprint density at radius 2 is 2.00 bits per heavy atom. The van der Waals surface area contributed by atoms with Crippen molar-refractivity contribution in [3.8, 4) is 0 Å². The highest BCUT2D eigenvalue weighted by Gasteiger charge is 2.06. The fourth-order valence-corrected chi connectivity index (χ4v) is 1.12. The maximum absolute atomic E-state index is 12.8. The summed E-state index contributed by atoms with van der Waals surface area (Å²) in [4.78, 5) is 0. The van der Waals surface area contributed by atoms with Crippen LogP contribution in [0, 0.1) is 11.2 Å². The van der Waals surface area contributed by atoms with Crippen molar-refractivity contribution in [3.05, 3.63) is 28.0 Å². The lowest BCUT2D eigenvalue weighted by Gasteiger charge is -2.06. The molecular formula is C7H6Cl2FN3.